The molecule has 6 rings (SSSR count). The molecule has 0 saturated heterocycles. The number of rotatable bonds is 12. The maximum atomic E-state index is 2.66. The number of aryl methyl sites for hydroxylation is 4. The SMILES string of the molecule is CCCCc1[cH-]c2cccc(-c3ccc(CC)cc3)c2c1[Si](C)(C)c1c(CCCC)[cH-]c2cccc(-c3ccc(CC)cc3)c12.[Zr+2]. The largest absolute Gasteiger partial charge is 2.00 e. The van der Waals surface area contributed by atoms with Crippen LogP contribution in [-0.4, -0.2) is 8.07 Å². The first-order valence-corrected chi connectivity index (χ1v) is 20.5. The minimum atomic E-state index is -2.23. The van der Waals surface area contributed by atoms with Gasteiger partial charge in [-0.25, -0.2) is 0 Å². The van der Waals surface area contributed by atoms with Crippen LogP contribution in [-0.2, 0) is 51.9 Å². The Morgan fingerprint density at radius 1 is 0.522 bits per heavy atom. The van der Waals surface area contributed by atoms with Crippen LogP contribution in [0.25, 0.3) is 43.8 Å². The van der Waals surface area contributed by atoms with Gasteiger partial charge in [-0.3, -0.25) is 0 Å². The van der Waals surface area contributed by atoms with Crippen molar-refractivity contribution in [3.05, 3.63) is 119 Å². The Morgan fingerprint density at radius 3 is 1.26 bits per heavy atom. The van der Waals surface area contributed by atoms with Crippen LogP contribution in [0.1, 0.15) is 75.6 Å². The summed E-state index contributed by atoms with van der Waals surface area (Å²) in [6, 6.07) is 37.8. The summed E-state index contributed by atoms with van der Waals surface area (Å²) in [5.41, 5.74) is 11.4. The molecule has 0 amide bonds. The van der Waals surface area contributed by atoms with E-state index in [0.717, 1.165) is 25.7 Å². The molecule has 0 fully saturated rings. The van der Waals surface area contributed by atoms with E-state index in [2.05, 4.69) is 138 Å². The first-order valence-electron chi connectivity index (χ1n) is 17.5. The molecule has 0 aliphatic carbocycles. The smallest absolute Gasteiger partial charge is 0.158 e. The van der Waals surface area contributed by atoms with Crippen LogP contribution < -0.4 is 10.4 Å². The maximum Gasteiger partial charge on any atom is 2.00 e. The molecule has 0 spiro atoms. The van der Waals surface area contributed by atoms with Crippen LogP contribution in [0.4, 0.5) is 0 Å². The third-order valence-corrected chi connectivity index (χ3v) is 13.8. The molecule has 6 aromatic rings. The van der Waals surface area contributed by atoms with E-state index in [1.165, 1.54) is 80.6 Å². The Balaban J connectivity index is 0.00000417. The molecule has 0 unspecified atom stereocenters. The average molecular weight is 698 g/mol. The van der Waals surface area contributed by atoms with Gasteiger partial charge in [0.2, 0.25) is 0 Å². The summed E-state index contributed by atoms with van der Waals surface area (Å²) in [5, 5.41) is 9.17. The second kappa shape index (κ2) is 15.0. The molecular weight excluding hydrogens is 648 g/mol. The Kier molecular flexibility index (Phi) is 11.2. The van der Waals surface area contributed by atoms with E-state index < -0.39 is 8.07 Å². The van der Waals surface area contributed by atoms with Gasteiger partial charge in [-0.15, -0.1) is 69.1 Å². The van der Waals surface area contributed by atoms with E-state index in [9.17, 15) is 0 Å². The van der Waals surface area contributed by atoms with Crippen molar-refractivity contribution in [2.75, 3.05) is 0 Å². The second-order valence-electron chi connectivity index (χ2n) is 13.6. The number of fused-ring (bicyclic) bond motifs is 2. The fraction of sp³-hybridized carbons (Fsp3) is 0.318. The summed E-state index contributed by atoms with van der Waals surface area (Å²) in [6.45, 7) is 14.5. The first-order chi connectivity index (χ1) is 21.9. The molecule has 0 saturated carbocycles. The topological polar surface area (TPSA) is 0 Å². The predicted octanol–water partition coefficient (Wildman–Crippen LogP) is 11.4. The fourth-order valence-corrected chi connectivity index (χ4v) is 11.8. The monoisotopic (exact) mass is 696 g/mol. The molecule has 2 heteroatoms. The van der Waals surface area contributed by atoms with Gasteiger partial charge in [-0.2, -0.15) is 10.4 Å². The van der Waals surface area contributed by atoms with Crippen molar-refractivity contribution >= 4 is 40.0 Å². The van der Waals surface area contributed by atoms with Crippen molar-refractivity contribution in [1.82, 2.24) is 0 Å². The zero-order valence-corrected chi connectivity index (χ0v) is 32.4. The minimum absolute atomic E-state index is 0. The molecule has 0 aliphatic heterocycles. The van der Waals surface area contributed by atoms with Crippen molar-refractivity contribution < 1.29 is 26.2 Å². The van der Waals surface area contributed by atoms with Gasteiger partial charge in [0, 0.05) is 8.07 Å². The number of hydrogen-bond acceptors (Lipinski definition) is 0. The fourth-order valence-electron chi connectivity index (χ4n) is 7.78. The molecule has 46 heavy (non-hydrogen) atoms. The summed E-state index contributed by atoms with van der Waals surface area (Å²) < 4.78 is 0. The number of hydrogen-bond donors (Lipinski definition) is 0. The van der Waals surface area contributed by atoms with E-state index in [0.29, 0.717) is 0 Å². The average Bonchev–Trinajstić information content (AvgIpc) is 3.65. The van der Waals surface area contributed by atoms with Gasteiger partial charge in [-0.1, -0.05) is 138 Å². The van der Waals surface area contributed by atoms with E-state index in [4.69, 9.17) is 0 Å². The van der Waals surface area contributed by atoms with E-state index in [1.54, 1.807) is 21.5 Å². The van der Waals surface area contributed by atoms with Gasteiger partial charge >= 0.3 is 26.2 Å². The van der Waals surface area contributed by atoms with E-state index >= 15 is 0 Å². The second-order valence-corrected chi connectivity index (χ2v) is 17.8. The zero-order valence-electron chi connectivity index (χ0n) is 28.9. The third-order valence-electron chi connectivity index (χ3n) is 10.2. The summed E-state index contributed by atoms with van der Waals surface area (Å²) in [4.78, 5) is 0. The Bertz CT molecular complexity index is 1760. The number of benzene rings is 4. The van der Waals surface area contributed by atoms with Crippen LogP contribution in [0.5, 0.6) is 0 Å². The molecule has 0 aromatic heterocycles. The van der Waals surface area contributed by atoms with Crippen LogP contribution in [0, 0.1) is 0 Å². The van der Waals surface area contributed by atoms with Crippen LogP contribution in [0.15, 0.2) is 97.1 Å². The van der Waals surface area contributed by atoms with Crippen molar-refractivity contribution in [2.24, 2.45) is 0 Å². The first kappa shape index (κ1) is 34.5. The predicted molar refractivity (Wildman–Crippen MR) is 203 cm³/mol. The molecule has 0 radical (unpaired) electrons. The summed E-state index contributed by atoms with van der Waals surface area (Å²) in [5.74, 6) is 0. The van der Waals surface area contributed by atoms with Gasteiger partial charge in [0.25, 0.3) is 0 Å². The van der Waals surface area contributed by atoms with Gasteiger partial charge in [0.1, 0.15) is 0 Å². The molecule has 0 nitrogen and oxygen atoms in total. The van der Waals surface area contributed by atoms with Crippen molar-refractivity contribution in [3.8, 4) is 22.3 Å². The quantitative estimate of drug-likeness (QED) is 0.0882. The summed E-state index contributed by atoms with van der Waals surface area (Å²) in [6.07, 6.45) is 9.34. The number of unbranched alkanes of at least 4 members (excludes halogenated alkanes) is 2. The van der Waals surface area contributed by atoms with Crippen molar-refractivity contribution in [1.29, 1.82) is 0 Å². The van der Waals surface area contributed by atoms with Crippen molar-refractivity contribution in [3.63, 3.8) is 0 Å². The Hall–Kier alpha value is -2.80. The minimum Gasteiger partial charge on any atom is -0.158 e. The van der Waals surface area contributed by atoms with E-state index in [-0.39, 0.29) is 26.2 Å². The van der Waals surface area contributed by atoms with Gasteiger partial charge in [-0.05, 0) is 47.9 Å². The van der Waals surface area contributed by atoms with E-state index in [1.807, 2.05) is 0 Å². The van der Waals surface area contributed by atoms with Crippen LogP contribution >= 0.6 is 0 Å². The molecule has 0 heterocycles. The summed E-state index contributed by atoms with van der Waals surface area (Å²) >= 11 is 0. The molecule has 0 atom stereocenters. The molecule has 6 aromatic carbocycles. The molecule has 0 aliphatic rings. The normalized spacial score (nSPS) is 11.8. The van der Waals surface area contributed by atoms with Crippen LogP contribution in [0.2, 0.25) is 13.1 Å². The molecular formula is C44H50SiZr. The van der Waals surface area contributed by atoms with Gasteiger partial charge < -0.3 is 0 Å². The van der Waals surface area contributed by atoms with Gasteiger partial charge in [0.15, 0.2) is 0 Å². The molecule has 0 bridgehead atoms. The molecule has 0 N–H and O–H groups in total. The standard InChI is InChI=1S/C44H50Si.Zr/c1-7-11-15-37-29-35-17-13-19-39(33-25-21-31(9-3)22-26-33)41(35)43(37)45(5,6)44-38(16-12-8-2)30-36-18-14-20-40(42(36)44)34-27-23-32(10-4)24-28-34;/h13-14,17-30H,7-12,15-16H2,1-6H3;/q-2;+2. The van der Waals surface area contributed by atoms with Crippen LogP contribution in [0.3, 0.4) is 0 Å². The molecule has 234 valence electrons. The Morgan fingerprint density at radius 2 is 0.913 bits per heavy atom. The van der Waals surface area contributed by atoms with Gasteiger partial charge in [0.05, 0.1) is 0 Å². The Labute approximate surface area is 298 Å². The zero-order chi connectivity index (χ0) is 31.6. The van der Waals surface area contributed by atoms with Crippen molar-refractivity contribution in [2.45, 2.75) is 92.2 Å². The summed E-state index contributed by atoms with van der Waals surface area (Å²) in [7, 11) is -2.23. The third kappa shape index (κ3) is 6.50. The maximum absolute atomic E-state index is 2.66.